The lowest BCUT2D eigenvalue weighted by Gasteiger charge is -2.24. The van der Waals surface area contributed by atoms with E-state index >= 15 is 0 Å². The van der Waals surface area contributed by atoms with Gasteiger partial charge in [0.2, 0.25) is 5.91 Å². The number of aromatic nitrogens is 4. The van der Waals surface area contributed by atoms with E-state index in [1.165, 1.54) is 17.9 Å². The second-order valence-corrected chi connectivity index (χ2v) is 4.68. The summed E-state index contributed by atoms with van der Waals surface area (Å²) in [6.07, 6.45) is 1.26. The summed E-state index contributed by atoms with van der Waals surface area (Å²) in [7, 11) is 0. The molecule has 112 valence electrons. The Balaban J connectivity index is 1.98. The Labute approximate surface area is 118 Å². The van der Waals surface area contributed by atoms with Crippen LogP contribution in [-0.4, -0.2) is 37.8 Å². The van der Waals surface area contributed by atoms with Gasteiger partial charge >= 0.3 is 0 Å². The molecule has 21 heavy (non-hydrogen) atoms. The summed E-state index contributed by atoms with van der Waals surface area (Å²) in [5.41, 5.74) is -1.78. The van der Waals surface area contributed by atoms with Crippen molar-refractivity contribution >= 4 is 5.91 Å². The molecule has 1 aromatic carbocycles. The van der Waals surface area contributed by atoms with Crippen molar-refractivity contribution in [1.29, 1.82) is 0 Å². The topological polar surface area (TPSA) is 92.9 Å². The molecule has 0 aliphatic heterocycles. The number of benzene rings is 1. The van der Waals surface area contributed by atoms with Gasteiger partial charge in [0.25, 0.3) is 0 Å². The molecule has 0 unspecified atom stereocenters. The molecule has 9 heteroatoms. The van der Waals surface area contributed by atoms with Gasteiger partial charge < -0.3 is 10.4 Å². The molecule has 0 saturated heterocycles. The molecule has 1 heterocycles. The zero-order chi connectivity index (χ0) is 15.5. The molecular weight excluding hydrogens is 284 g/mol. The molecule has 0 saturated carbocycles. The summed E-state index contributed by atoms with van der Waals surface area (Å²) in [5.74, 6) is -2.07. The molecule has 0 aliphatic carbocycles. The summed E-state index contributed by atoms with van der Waals surface area (Å²) in [4.78, 5) is 11.6. The first kappa shape index (κ1) is 15.0. The lowest BCUT2D eigenvalue weighted by Crippen LogP contribution is -2.40. The minimum absolute atomic E-state index is 0.105. The van der Waals surface area contributed by atoms with Crippen molar-refractivity contribution in [1.82, 2.24) is 25.5 Å². The second kappa shape index (κ2) is 5.92. The van der Waals surface area contributed by atoms with Gasteiger partial charge in [-0.15, -0.1) is 5.10 Å². The van der Waals surface area contributed by atoms with E-state index in [1.807, 2.05) is 0 Å². The smallest absolute Gasteiger partial charge is 0.241 e. The monoisotopic (exact) mass is 297 g/mol. The number of rotatable bonds is 5. The normalized spacial score (nSPS) is 13.7. The molecule has 0 aliphatic rings. The van der Waals surface area contributed by atoms with Crippen LogP contribution in [0.15, 0.2) is 24.5 Å². The third-order valence-electron chi connectivity index (χ3n) is 2.84. The molecule has 0 spiro atoms. The number of carbonyl (C=O) groups is 1. The van der Waals surface area contributed by atoms with Crippen molar-refractivity contribution in [2.75, 3.05) is 6.54 Å². The van der Waals surface area contributed by atoms with E-state index < -0.39 is 23.1 Å². The molecular formula is C12H13F2N5O2. The van der Waals surface area contributed by atoms with E-state index in [2.05, 4.69) is 20.8 Å². The first-order valence-corrected chi connectivity index (χ1v) is 6.04. The fraction of sp³-hybridized carbons (Fsp3) is 0.333. The van der Waals surface area contributed by atoms with E-state index in [-0.39, 0.29) is 18.7 Å². The Morgan fingerprint density at radius 2 is 2.24 bits per heavy atom. The third-order valence-corrected chi connectivity index (χ3v) is 2.84. The number of tetrazole rings is 1. The molecule has 2 N–H and O–H groups in total. The number of nitrogens with zero attached hydrogens (tertiary/aromatic N) is 4. The number of carbonyl (C=O) groups excluding carboxylic acids is 1. The molecule has 0 radical (unpaired) electrons. The Hall–Kier alpha value is -2.42. The summed E-state index contributed by atoms with van der Waals surface area (Å²) in [5, 5.41) is 22.9. The van der Waals surface area contributed by atoms with Crippen LogP contribution in [0, 0.1) is 11.6 Å². The predicted molar refractivity (Wildman–Crippen MR) is 66.8 cm³/mol. The number of nitrogens with one attached hydrogen (secondary N) is 1. The van der Waals surface area contributed by atoms with E-state index in [9.17, 15) is 18.7 Å². The van der Waals surface area contributed by atoms with Crippen molar-refractivity contribution in [2.45, 2.75) is 19.1 Å². The van der Waals surface area contributed by atoms with Crippen LogP contribution in [0.25, 0.3) is 0 Å². The maximum atomic E-state index is 13.6. The van der Waals surface area contributed by atoms with Gasteiger partial charge in [-0.25, -0.2) is 13.5 Å². The van der Waals surface area contributed by atoms with Gasteiger partial charge in [-0.3, -0.25) is 4.79 Å². The minimum Gasteiger partial charge on any atom is -0.383 e. The minimum atomic E-state index is -1.67. The van der Waals surface area contributed by atoms with Gasteiger partial charge in [-0.05, 0) is 23.4 Å². The average Bonchev–Trinajstić information content (AvgIpc) is 2.89. The molecule has 0 bridgehead atoms. The van der Waals surface area contributed by atoms with Crippen molar-refractivity contribution in [3.05, 3.63) is 41.7 Å². The molecule has 2 rings (SSSR count). The van der Waals surface area contributed by atoms with E-state index in [4.69, 9.17) is 0 Å². The van der Waals surface area contributed by atoms with Crippen LogP contribution in [0.5, 0.6) is 0 Å². The van der Waals surface area contributed by atoms with Gasteiger partial charge in [0, 0.05) is 11.6 Å². The summed E-state index contributed by atoms with van der Waals surface area (Å²) < 4.78 is 27.7. The Morgan fingerprint density at radius 3 is 2.86 bits per heavy atom. The number of hydrogen-bond donors (Lipinski definition) is 2. The largest absolute Gasteiger partial charge is 0.383 e. The summed E-state index contributed by atoms with van der Waals surface area (Å²) in [6.45, 7) is 0.951. The molecule has 1 amide bonds. The lowest BCUT2D eigenvalue weighted by atomic mass is 9.95. The van der Waals surface area contributed by atoms with Crippen LogP contribution in [0.2, 0.25) is 0 Å². The van der Waals surface area contributed by atoms with Crippen molar-refractivity contribution in [3.8, 4) is 0 Å². The highest BCUT2D eigenvalue weighted by Gasteiger charge is 2.27. The lowest BCUT2D eigenvalue weighted by molar-refractivity contribution is -0.123. The fourth-order valence-electron chi connectivity index (χ4n) is 1.75. The van der Waals surface area contributed by atoms with Crippen LogP contribution >= 0.6 is 0 Å². The third kappa shape index (κ3) is 3.78. The number of aliphatic hydroxyl groups is 1. The maximum Gasteiger partial charge on any atom is 0.241 e. The first-order valence-electron chi connectivity index (χ1n) is 6.04. The molecule has 1 atom stereocenters. The zero-order valence-electron chi connectivity index (χ0n) is 11.1. The predicted octanol–water partition coefficient (Wildman–Crippen LogP) is -0.0248. The number of hydrogen-bond acceptors (Lipinski definition) is 5. The van der Waals surface area contributed by atoms with Crippen molar-refractivity contribution in [3.63, 3.8) is 0 Å². The van der Waals surface area contributed by atoms with E-state index in [1.54, 1.807) is 0 Å². The second-order valence-electron chi connectivity index (χ2n) is 4.68. The highest BCUT2D eigenvalue weighted by atomic mass is 19.1. The molecule has 7 nitrogen and oxygen atoms in total. The van der Waals surface area contributed by atoms with Crippen LogP contribution in [0.1, 0.15) is 12.5 Å². The Morgan fingerprint density at radius 1 is 1.48 bits per heavy atom. The maximum absolute atomic E-state index is 13.6. The summed E-state index contributed by atoms with van der Waals surface area (Å²) in [6, 6.07) is 2.85. The van der Waals surface area contributed by atoms with Crippen LogP contribution in [0.3, 0.4) is 0 Å². The fourth-order valence-corrected chi connectivity index (χ4v) is 1.75. The van der Waals surface area contributed by atoms with E-state index in [0.29, 0.717) is 6.07 Å². The zero-order valence-corrected chi connectivity index (χ0v) is 11.1. The first-order chi connectivity index (χ1) is 9.88. The van der Waals surface area contributed by atoms with Crippen LogP contribution in [0.4, 0.5) is 8.78 Å². The van der Waals surface area contributed by atoms with Gasteiger partial charge in [-0.1, -0.05) is 6.07 Å². The highest BCUT2D eigenvalue weighted by Crippen LogP contribution is 2.23. The van der Waals surface area contributed by atoms with Crippen LogP contribution < -0.4 is 5.32 Å². The average molecular weight is 297 g/mol. The Kier molecular flexibility index (Phi) is 4.22. The summed E-state index contributed by atoms with van der Waals surface area (Å²) >= 11 is 0. The molecule has 0 fully saturated rings. The highest BCUT2D eigenvalue weighted by molar-refractivity contribution is 5.75. The van der Waals surface area contributed by atoms with Gasteiger partial charge in [0.1, 0.15) is 30.1 Å². The number of halogens is 2. The van der Waals surface area contributed by atoms with Gasteiger partial charge in [0.15, 0.2) is 0 Å². The number of amides is 1. The Bertz CT molecular complexity index is 631. The molecule has 1 aromatic heterocycles. The van der Waals surface area contributed by atoms with Crippen molar-refractivity contribution in [2.24, 2.45) is 0 Å². The standard InChI is InChI=1S/C12H13F2N5O2/c1-12(21,9-3-2-8(13)4-10(9)14)6-15-11(20)5-19-7-16-17-18-19/h2-4,7,21H,5-6H2,1H3,(H,15,20)/t12-/m0/s1. The van der Waals surface area contributed by atoms with Gasteiger partial charge in [0.05, 0.1) is 6.54 Å². The SMILES string of the molecule is C[C@](O)(CNC(=O)Cn1cnnn1)c1ccc(F)cc1F. The van der Waals surface area contributed by atoms with Crippen molar-refractivity contribution < 1.29 is 18.7 Å². The quantitative estimate of drug-likeness (QED) is 0.809. The van der Waals surface area contributed by atoms with Crippen LogP contribution in [-0.2, 0) is 16.9 Å². The van der Waals surface area contributed by atoms with Gasteiger partial charge in [-0.2, -0.15) is 0 Å². The molecule has 2 aromatic rings. The van der Waals surface area contributed by atoms with E-state index in [0.717, 1.165) is 12.1 Å².